The number of piperidine rings is 1. The number of thiocarbonyl (C=S) groups is 1. The molecule has 0 amide bonds. The van der Waals surface area contributed by atoms with Crippen LogP contribution in [-0.4, -0.2) is 48.1 Å². The number of benzene rings is 2. The molecular weight excluding hydrogens is 330 g/mol. The van der Waals surface area contributed by atoms with Crippen LogP contribution in [0, 0.1) is 0 Å². The topological polar surface area (TPSA) is 27.7 Å². The minimum Gasteiger partial charge on any atom is -0.457 e. The molecule has 0 aliphatic carbocycles. The number of hydrogen-bond donors (Lipinski definition) is 1. The fraction of sp³-hybridized carbons (Fsp3) is 0.350. The normalized spacial score (nSPS) is 15.6. The maximum absolute atomic E-state index is 5.82. The second kappa shape index (κ2) is 8.32. The zero-order valence-electron chi connectivity index (χ0n) is 14.8. The van der Waals surface area contributed by atoms with Crippen LogP contribution < -0.4 is 10.1 Å². The SMILES string of the molecule is CN1CCC(N(C)C(=S)Nc2ccc(Oc3ccccc3)cc2)CC1. The Kier molecular flexibility index (Phi) is 5.89. The van der Waals surface area contributed by atoms with Gasteiger partial charge >= 0.3 is 0 Å². The van der Waals surface area contributed by atoms with E-state index < -0.39 is 0 Å². The Labute approximate surface area is 155 Å². The third kappa shape index (κ3) is 4.94. The van der Waals surface area contributed by atoms with Crippen molar-refractivity contribution in [3.63, 3.8) is 0 Å². The molecule has 0 aromatic heterocycles. The molecule has 0 atom stereocenters. The van der Waals surface area contributed by atoms with Gasteiger partial charge in [-0.2, -0.15) is 0 Å². The van der Waals surface area contributed by atoms with Crippen molar-refractivity contribution in [1.82, 2.24) is 9.80 Å². The van der Waals surface area contributed by atoms with E-state index in [4.69, 9.17) is 17.0 Å². The van der Waals surface area contributed by atoms with Gasteiger partial charge in [-0.1, -0.05) is 18.2 Å². The Morgan fingerprint density at radius 1 is 1.04 bits per heavy atom. The first-order valence-electron chi connectivity index (χ1n) is 8.67. The van der Waals surface area contributed by atoms with Gasteiger partial charge in [0.25, 0.3) is 0 Å². The van der Waals surface area contributed by atoms with Crippen LogP contribution in [0.3, 0.4) is 0 Å². The average molecular weight is 356 g/mol. The van der Waals surface area contributed by atoms with Crippen LogP contribution in [0.2, 0.25) is 0 Å². The van der Waals surface area contributed by atoms with Gasteiger partial charge in [-0.3, -0.25) is 0 Å². The number of likely N-dealkylation sites (tertiary alicyclic amines) is 1. The standard InChI is InChI=1S/C20H25N3OS/c1-22-14-12-17(13-15-22)23(2)20(25)21-16-8-10-19(11-9-16)24-18-6-4-3-5-7-18/h3-11,17H,12-15H2,1-2H3,(H,21,25). The first-order chi connectivity index (χ1) is 12.1. The lowest BCUT2D eigenvalue weighted by Gasteiger charge is -2.36. The van der Waals surface area contributed by atoms with Crippen LogP contribution in [-0.2, 0) is 0 Å². The summed E-state index contributed by atoms with van der Waals surface area (Å²) in [5, 5.41) is 4.10. The van der Waals surface area contributed by atoms with Crippen LogP contribution >= 0.6 is 12.2 Å². The van der Waals surface area contributed by atoms with Gasteiger partial charge in [-0.25, -0.2) is 0 Å². The summed E-state index contributed by atoms with van der Waals surface area (Å²) in [5.41, 5.74) is 0.977. The summed E-state index contributed by atoms with van der Waals surface area (Å²) in [6.07, 6.45) is 2.30. The van der Waals surface area contributed by atoms with Gasteiger partial charge in [-0.15, -0.1) is 0 Å². The van der Waals surface area contributed by atoms with E-state index >= 15 is 0 Å². The second-order valence-electron chi connectivity index (χ2n) is 6.51. The van der Waals surface area contributed by atoms with Gasteiger partial charge < -0.3 is 19.9 Å². The molecule has 2 aromatic rings. The zero-order valence-corrected chi connectivity index (χ0v) is 15.6. The van der Waals surface area contributed by atoms with Gasteiger partial charge in [0.05, 0.1) is 0 Å². The predicted octanol–water partition coefficient (Wildman–Crippen LogP) is 4.20. The number of para-hydroxylation sites is 1. The minimum absolute atomic E-state index is 0.511. The van der Waals surface area contributed by atoms with E-state index in [1.165, 1.54) is 0 Å². The quantitative estimate of drug-likeness (QED) is 0.830. The highest BCUT2D eigenvalue weighted by Gasteiger charge is 2.22. The fourth-order valence-corrected chi connectivity index (χ4v) is 3.26. The first-order valence-corrected chi connectivity index (χ1v) is 9.08. The number of anilines is 1. The smallest absolute Gasteiger partial charge is 0.173 e. The summed E-state index contributed by atoms with van der Waals surface area (Å²) in [7, 11) is 4.25. The third-order valence-electron chi connectivity index (χ3n) is 4.64. The lowest BCUT2D eigenvalue weighted by atomic mass is 10.0. The molecule has 0 bridgehead atoms. The van der Waals surface area contributed by atoms with Gasteiger partial charge in [-0.05, 0) is 81.6 Å². The highest BCUT2D eigenvalue weighted by molar-refractivity contribution is 7.80. The van der Waals surface area contributed by atoms with Gasteiger partial charge in [0.2, 0.25) is 0 Å². The molecule has 0 unspecified atom stereocenters. The number of ether oxygens (including phenoxy) is 1. The Balaban J connectivity index is 1.54. The molecule has 1 N–H and O–H groups in total. The van der Waals surface area contributed by atoms with Crippen LogP contribution in [0.25, 0.3) is 0 Å². The zero-order chi connectivity index (χ0) is 17.6. The molecule has 2 aromatic carbocycles. The number of rotatable bonds is 4. The highest BCUT2D eigenvalue weighted by Crippen LogP contribution is 2.23. The van der Waals surface area contributed by atoms with E-state index in [1.54, 1.807) is 0 Å². The monoisotopic (exact) mass is 355 g/mol. The molecule has 1 aliphatic heterocycles. The molecule has 1 aliphatic rings. The maximum Gasteiger partial charge on any atom is 0.173 e. The fourth-order valence-electron chi connectivity index (χ4n) is 2.99. The van der Waals surface area contributed by atoms with E-state index in [-0.39, 0.29) is 0 Å². The number of hydrogen-bond acceptors (Lipinski definition) is 3. The van der Waals surface area contributed by atoms with E-state index in [1.807, 2.05) is 54.6 Å². The first kappa shape index (κ1) is 17.7. The molecule has 4 nitrogen and oxygen atoms in total. The maximum atomic E-state index is 5.82. The highest BCUT2D eigenvalue weighted by atomic mass is 32.1. The summed E-state index contributed by atoms with van der Waals surface area (Å²) in [6.45, 7) is 2.26. The molecule has 5 heteroatoms. The van der Waals surface area contributed by atoms with Crippen molar-refractivity contribution in [2.75, 3.05) is 32.5 Å². The van der Waals surface area contributed by atoms with E-state index in [0.717, 1.165) is 48.2 Å². The Hall–Kier alpha value is -2.11. The molecule has 1 saturated heterocycles. The van der Waals surface area contributed by atoms with Crippen LogP contribution in [0.4, 0.5) is 5.69 Å². The van der Waals surface area contributed by atoms with Crippen molar-refractivity contribution < 1.29 is 4.74 Å². The molecule has 0 spiro atoms. The van der Waals surface area contributed by atoms with Gasteiger partial charge in [0.15, 0.2) is 5.11 Å². The minimum atomic E-state index is 0.511. The largest absolute Gasteiger partial charge is 0.457 e. The number of nitrogens with zero attached hydrogens (tertiary/aromatic N) is 2. The van der Waals surface area contributed by atoms with E-state index in [9.17, 15) is 0 Å². The average Bonchev–Trinajstić information content (AvgIpc) is 2.64. The van der Waals surface area contributed by atoms with Crippen molar-refractivity contribution in [2.45, 2.75) is 18.9 Å². The molecule has 132 valence electrons. The summed E-state index contributed by atoms with van der Waals surface area (Å²) in [6, 6.07) is 18.2. The van der Waals surface area contributed by atoms with E-state index in [2.05, 4.69) is 29.2 Å². The second-order valence-corrected chi connectivity index (χ2v) is 6.90. The number of nitrogens with one attached hydrogen (secondary N) is 1. The molecule has 1 heterocycles. The molecule has 0 radical (unpaired) electrons. The van der Waals surface area contributed by atoms with Gasteiger partial charge in [0.1, 0.15) is 11.5 Å². The molecule has 3 rings (SSSR count). The summed E-state index contributed by atoms with van der Waals surface area (Å²) >= 11 is 5.58. The lowest BCUT2D eigenvalue weighted by molar-refractivity contribution is 0.193. The van der Waals surface area contributed by atoms with Crippen molar-refractivity contribution >= 4 is 23.0 Å². The van der Waals surface area contributed by atoms with Crippen LogP contribution in [0.5, 0.6) is 11.5 Å². The Morgan fingerprint density at radius 2 is 1.64 bits per heavy atom. The Bertz CT molecular complexity index is 682. The van der Waals surface area contributed by atoms with Crippen molar-refractivity contribution in [3.05, 3.63) is 54.6 Å². The molecule has 1 fully saturated rings. The third-order valence-corrected chi connectivity index (χ3v) is 5.03. The van der Waals surface area contributed by atoms with Crippen molar-refractivity contribution in [1.29, 1.82) is 0 Å². The molecular formula is C20H25N3OS. The molecule has 25 heavy (non-hydrogen) atoms. The van der Waals surface area contributed by atoms with E-state index in [0.29, 0.717) is 6.04 Å². The van der Waals surface area contributed by atoms with Crippen LogP contribution in [0.15, 0.2) is 54.6 Å². The molecule has 0 saturated carbocycles. The van der Waals surface area contributed by atoms with Crippen LogP contribution in [0.1, 0.15) is 12.8 Å². The van der Waals surface area contributed by atoms with Crippen molar-refractivity contribution in [2.24, 2.45) is 0 Å². The summed E-state index contributed by atoms with van der Waals surface area (Å²) in [4.78, 5) is 4.56. The Morgan fingerprint density at radius 3 is 2.28 bits per heavy atom. The summed E-state index contributed by atoms with van der Waals surface area (Å²) in [5.74, 6) is 1.65. The lowest BCUT2D eigenvalue weighted by Crippen LogP contribution is -2.45. The van der Waals surface area contributed by atoms with Crippen molar-refractivity contribution in [3.8, 4) is 11.5 Å². The van der Waals surface area contributed by atoms with Gasteiger partial charge in [0, 0.05) is 18.8 Å². The summed E-state index contributed by atoms with van der Waals surface area (Å²) < 4.78 is 5.82. The predicted molar refractivity (Wildman–Crippen MR) is 107 cm³/mol.